The number of rotatable bonds is 1. The summed E-state index contributed by atoms with van der Waals surface area (Å²) in [4.78, 5) is 13.3. The molecule has 0 aromatic rings. The van der Waals surface area contributed by atoms with E-state index >= 15 is 0 Å². The van der Waals surface area contributed by atoms with E-state index in [2.05, 4.69) is 0 Å². The van der Waals surface area contributed by atoms with Crippen molar-refractivity contribution >= 4 is 6.09 Å². The first-order chi connectivity index (χ1) is 8.55. The van der Waals surface area contributed by atoms with Crippen LogP contribution in [0.5, 0.6) is 0 Å². The van der Waals surface area contributed by atoms with Gasteiger partial charge in [0.2, 0.25) is 0 Å². The van der Waals surface area contributed by atoms with Crippen molar-refractivity contribution in [3.63, 3.8) is 0 Å². The molecule has 0 aromatic heterocycles. The lowest BCUT2D eigenvalue weighted by Crippen LogP contribution is -2.56. The maximum absolute atomic E-state index is 13.2. The van der Waals surface area contributed by atoms with Crippen LogP contribution in [0.3, 0.4) is 0 Å². The Morgan fingerprint density at radius 3 is 2.53 bits per heavy atom. The van der Waals surface area contributed by atoms with E-state index in [1.807, 2.05) is 0 Å². The first-order valence-corrected chi connectivity index (χ1v) is 6.31. The Morgan fingerprint density at radius 2 is 2.05 bits per heavy atom. The Labute approximate surface area is 111 Å². The number of nitrogens with two attached hydrogens (primary N) is 1. The standard InChI is InChI=1S/C12H20F2N2O3/c1-10(2,3)19-9(17)16-4-5-18-8(6-16)11(15)7-12(11,13)14/h8H,4-7,15H2,1-3H3. The van der Waals surface area contributed by atoms with Gasteiger partial charge in [-0.2, -0.15) is 0 Å². The van der Waals surface area contributed by atoms with E-state index in [0.29, 0.717) is 6.54 Å². The van der Waals surface area contributed by atoms with Crippen molar-refractivity contribution in [1.29, 1.82) is 0 Å². The Morgan fingerprint density at radius 1 is 1.47 bits per heavy atom. The molecule has 5 nitrogen and oxygen atoms in total. The van der Waals surface area contributed by atoms with Gasteiger partial charge in [0.05, 0.1) is 19.3 Å². The fourth-order valence-electron chi connectivity index (χ4n) is 2.13. The van der Waals surface area contributed by atoms with Crippen molar-refractivity contribution in [3.8, 4) is 0 Å². The van der Waals surface area contributed by atoms with Crippen LogP contribution in [0.2, 0.25) is 0 Å². The molecule has 1 saturated heterocycles. The summed E-state index contributed by atoms with van der Waals surface area (Å²) in [5, 5.41) is 0. The summed E-state index contributed by atoms with van der Waals surface area (Å²) in [5.74, 6) is -2.91. The number of morpholine rings is 1. The molecule has 1 saturated carbocycles. The highest BCUT2D eigenvalue weighted by molar-refractivity contribution is 5.68. The first-order valence-electron chi connectivity index (χ1n) is 6.31. The minimum absolute atomic E-state index is 0.0427. The van der Waals surface area contributed by atoms with Crippen molar-refractivity contribution in [2.75, 3.05) is 19.7 Å². The molecule has 1 aliphatic heterocycles. The zero-order valence-electron chi connectivity index (χ0n) is 11.4. The van der Waals surface area contributed by atoms with Gasteiger partial charge in [-0.3, -0.25) is 0 Å². The van der Waals surface area contributed by atoms with E-state index in [9.17, 15) is 13.6 Å². The van der Waals surface area contributed by atoms with Crippen LogP contribution in [0.15, 0.2) is 0 Å². The molecular formula is C12H20F2N2O3. The molecule has 0 spiro atoms. The van der Waals surface area contributed by atoms with E-state index in [4.69, 9.17) is 15.2 Å². The zero-order valence-corrected chi connectivity index (χ0v) is 11.4. The van der Waals surface area contributed by atoms with E-state index in [1.165, 1.54) is 4.90 Å². The van der Waals surface area contributed by atoms with Crippen molar-refractivity contribution in [1.82, 2.24) is 4.90 Å². The highest BCUT2D eigenvalue weighted by atomic mass is 19.3. The van der Waals surface area contributed by atoms with E-state index in [1.54, 1.807) is 20.8 Å². The Balaban J connectivity index is 1.97. The smallest absolute Gasteiger partial charge is 0.410 e. The minimum Gasteiger partial charge on any atom is -0.444 e. The molecule has 0 aromatic carbocycles. The number of hydrogen-bond donors (Lipinski definition) is 1. The molecular weight excluding hydrogens is 258 g/mol. The number of carbonyl (C=O) groups is 1. The van der Waals surface area contributed by atoms with Gasteiger partial charge in [-0.25, -0.2) is 13.6 Å². The highest BCUT2D eigenvalue weighted by Gasteiger charge is 2.73. The van der Waals surface area contributed by atoms with Gasteiger partial charge in [0.25, 0.3) is 5.92 Å². The topological polar surface area (TPSA) is 64.8 Å². The third kappa shape index (κ3) is 2.81. The summed E-state index contributed by atoms with van der Waals surface area (Å²) in [6.45, 7) is 5.82. The fourth-order valence-corrected chi connectivity index (χ4v) is 2.13. The molecule has 19 heavy (non-hydrogen) atoms. The second-order valence-corrected chi connectivity index (χ2v) is 6.21. The SMILES string of the molecule is CC(C)(C)OC(=O)N1CCOC(C2(N)CC2(F)F)C1. The number of nitrogens with zero attached hydrogens (tertiary/aromatic N) is 1. The second-order valence-electron chi connectivity index (χ2n) is 6.21. The molecule has 2 rings (SSSR count). The lowest BCUT2D eigenvalue weighted by molar-refractivity contribution is -0.0722. The maximum Gasteiger partial charge on any atom is 0.410 e. The molecule has 2 unspecified atom stereocenters. The van der Waals surface area contributed by atoms with Crippen molar-refractivity contribution < 1.29 is 23.0 Å². The van der Waals surface area contributed by atoms with Gasteiger partial charge in [-0.15, -0.1) is 0 Å². The van der Waals surface area contributed by atoms with Crippen LogP contribution in [0.4, 0.5) is 13.6 Å². The summed E-state index contributed by atoms with van der Waals surface area (Å²) >= 11 is 0. The van der Waals surface area contributed by atoms with Gasteiger partial charge in [-0.1, -0.05) is 0 Å². The Kier molecular flexibility index (Phi) is 3.25. The second kappa shape index (κ2) is 4.28. The van der Waals surface area contributed by atoms with Crippen LogP contribution < -0.4 is 5.73 Å². The average Bonchev–Trinajstić information content (AvgIpc) is 2.77. The number of halogens is 2. The van der Waals surface area contributed by atoms with Gasteiger partial charge in [-0.05, 0) is 20.8 Å². The third-order valence-corrected chi connectivity index (χ3v) is 3.36. The molecule has 2 aliphatic rings. The number of hydrogen-bond acceptors (Lipinski definition) is 4. The molecule has 1 heterocycles. The summed E-state index contributed by atoms with van der Waals surface area (Å²) in [6, 6.07) is 0. The van der Waals surface area contributed by atoms with Crippen LogP contribution >= 0.6 is 0 Å². The van der Waals surface area contributed by atoms with Gasteiger partial charge in [0.15, 0.2) is 0 Å². The van der Waals surface area contributed by atoms with Crippen molar-refractivity contribution in [3.05, 3.63) is 0 Å². The average molecular weight is 278 g/mol. The maximum atomic E-state index is 13.2. The Hall–Kier alpha value is -0.950. The quantitative estimate of drug-likeness (QED) is 0.786. The fraction of sp³-hybridized carbons (Fsp3) is 0.917. The highest BCUT2D eigenvalue weighted by Crippen LogP contribution is 2.53. The molecule has 0 bridgehead atoms. The van der Waals surface area contributed by atoms with E-state index in [-0.39, 0.29) is 13.2 Å². The molecule has 0 radical (unpaired) electrons. The summed E-state index contributed by atoms with van der Waals surface area (Å²) in [6.07, 6.45) is -1.76. The van der Waals surface area contributed by atoms with Crippen LogP contribution in [0.1, 0.15) is 27.2 Å². The van der Waals surface area contributed by atoms with Crippen molar-refractivity contribution in [2.24, 2.45) is 5.73 Å². The molecule has 7 heteroatoms. The third-order valence-electron chi connectivity index (χ3n) is 3.36. The largest absolute Gasteiger partial charge is 0.444 e. The zero-order chi connectivity index (χ0) is 14.5. The molecule has 1 aliphatic carbocycles. The van der Waals surface area contributed by atoms with Crippen LogP contribution in [-0.4, -0.2) is 53.9 Å². The molecule has 1 amide bonds. The summed E-state index contributed by atoms with van der Waals surface area (Å²) in [7, 11) is 0. The predicted octanol–water partition coefficient (Wildman–Crippen LogP) is 1.36. The van der Waals surface area contributed by atoms with Crippen LogP contribution in [0.25, 0.3) is 0 Å². The van der Waals surface area contributed by atoms with Gasteiger partial charge < -0.3 is 20.1 Å². The van der Waals surface area contributed by atoms with Gasteiger partial charge in [0, 0.05) is 13.0 Å². The molecule has 2 atom stereocenters. The Bertz CT molecular complexity index is 384. The number of ether oxygens (including phenoxy) is 2. The van der Waals surface area contributed by atoms with Crippen LogP contribution in [-0.2, 0) is 9.47 Å². The van der Waals surface area contributed by atoms with Crippen molar-refractivity contribution in [2.45, 2.75) is 50.4 Å². The normalized spacial score (nSPS) is 34.0. The molecule has 2 N–H and O–H groups in total. The number of amides is 1. The summed E-state index contributed by atoms with van der Waals surface area (Å²) < 4.78 is 37.0. The van der Waals surface area contributed by atoms with Gasteiger partial charge in [0.1, 0.15) is 11.1 Å². The summed E-state index contributed by atoms with van der Waals surface area (Å²) in [5.41, 5.74) is 3.37. The first kappa shape index (κ1) is 14.5. The lowest BCUT2D eigenvalue weighted by Gasteiger charge is -2.36. The van der Waals surface area contributed by atoms with E-state index < -0.39 is 35.7 Å². The van der Waals surface area contributed by atoms with Crippen LogP contribution in [0, 0.1) is 0 Å². The van der Waals surface area contributed by atoms with E-state index in [0.717, 1.165) is 0 Å². The lowest BCUT2D eigenvalue weighted by atomic mass is 10.1. The predicted molar refractivity (Wildman–Crippen MR) is 64.0 cm³/mol. The number of alkyl halides is 2. The minimum atomic E-state index is -2.91. The molecule has 2 fully saturated rings. The molecule has 110 valence electrons. The number of carbonyl (C=O) groups excluding carboxylic acids is 1. The monoisotopic (exact) mass is 278 g/mol. The van der Waals surface area contributed by atoms with Gasteiger partial charge >= 0.3 is 6.09 Å².